The van der Waals surface area contributed by atoms with Gasteiger partial charge in [-0.25, -0.2) is 14.8 Å². The van der Waals surface area contributed by atoms with Crippen LogP contribution >= 0.6 is 0 Å². The number of fused-ring (bicyclic) bond motifs is 1. The van der Waals surface area contributed by atoms with Crippen LogP contribution in [0.1, 0.15) is 21.6 Å². The molecule has 3 heterocycles. The second-order valence-electron chi connectivity index (χ2n) is 7.23. The number of anilines is 1. The molecule has 2 aromatic heterocycles. The third-order valence-electron chi connectivity index (χ3n) is 5.54. The van der Waals surface area contributed by atoms with E-state index in [1.807, 2.05) is 43.5 Å². The summed E-state index contributed by atoms with van der Waals surface area (Å²) in [6, 6.07) is 14.1. The Morgan fingerprint density at radius 1 is 1.18 bits per heavy atom. The first-order valence-corrected chi connectivity index (χ1v) is 9.69. The number of nitrogens with one attached hydrogen (secondary N) is 2. The lowest BCUT2D eigenvalue weighted by molar-refractivity contribution is -0.914. The first-order chi connectivity index (χ1) is 13.7. The van der Waals surface area contributed by atoms with E-state index in [-0.39, 0.29) is 5.97 Å². The molecule has 1 fully saturated rings. The molecule has 0 saturated carbocycles. The molecule has 144 valence electrons. The van der Waals surface area contributed by atoms with E-state index in [1.165, 1.54) is 12.0 Å². The third-order valence-corrected chi connectivity index (χ3v) is 5.54. The number of H-pyrrole nitrogens is 1. The molecule has 0 atom stereocenters. The molecule has 1 aromatic carbocycles. The fraction of sp³-hybridized carbons (Fsp3) is 0.318. The maximum Gasteiger partial charge on any atom is 0.340 e. The van der Waals surface area contributed by atoms with Crippen LogP contribution in [0.5, 0.6) is 0 Å². The summed E-state index contributed by atoms with van der Waals surface area (Å²) in [5, 5.41) is 1.01. The van der Waals surface area contributed by atoms with Gasteiger partial charge in [0, 0.05) is 11.5 Å². The minimum absolute atomic E-state index is 0.303. The van der Waals surface area contributed by atoms with E-state index in [0.29, 0.717) is 5.56 Å². The number of aromatic amines is 1. The lowest BCUT2D eigenvalue weighted by Crippen LogP contribution is -3.13. The number of hydrogen-bond acceptors (Lipinski definition) is 4. The summed E-state index contributed by atoms with van der Waals surface area (Å²) in [6.45, 7) is 6.64. The number of hydrogen-bond donors (Lipinski definition) is 1. The predicted molar refractivity (Wildman–Crippen MR) is 107 cm³/mol. The second kappa shape index (κ2) is 7.94. The van der Waals surface area contributed by atoms with E-state index in [4.69, 9.17) is 9.72 Å². The van der Waals surface area contributed by atoms with Gasteiger partial charge in [-0.3, -0.25) is 4.90 Å². The van der Waals surface area contributed by atoms with E-state index in [1.54, 1.807) is 0 Å². The Balaban J connectivity index is 1.57. The van der Waals surface area contributed by atoms with Crippen molar-refractivity contribution in [2.75, 3.05) is 38.2 Å². The smallest absolute Gasteiger partial charge is 0.340 e. The third kappa shape index (κ3) is 3.55. The van der Waals surface area contributed by atoms with E-state index in [2.05, 4.69) is 22.0 Å². The molecule has 0 bridgehead atoms. The number of rotatable bonds is 4. The van der Waals surface area contributed by atoms with Gasteiger partial charge < -0.3 is 9.64 Å². The number of pyridine rings is 2. The Morgan fingerprint density at radius 3 is 2.64 bits per heavy atom. The summed E-state index contributed by atoms with van der Waals surface area (Å²) >= 11 is 0. The second-order valence-corrected chi connectivity index (χ2v) is 7.23. The standard InChI is InChI=1S/C22H24N4O2/c1-16-17-7-3-4-8-18(17)24-19(21(16)22(27)28-2)15-25-11-13-26(14-12-25)20-9-5-6-10-23-20/h3-10H,11-15H2,1-2H3/p+2. The number of aryl methyl sites for hydroxylation is 1. The highest BCUT2D eigenvalue weighted by Crippen LogP contribution is 2.23. The average Bonchev–Trinajstić information content (AvgIpc) is 2.75. The zero-order valence-corrected chi connectivity index (χ0v) is 16.4. The number of aromatic nitrogens is 2. The number of quaternary nitrogens is 1. The molecule has 0 unspecified atom stereocenters. The van der Waals surface area contributed by atoms with Crippen LogP contribution in [0, 0.1) is 6.92 Å². The normalized spacial score (nSPS) is 15.0. The van der Waals surface area contributed by atoms with Gasteiger partial charge >= 0.3 is 5.97 Å². The van der Waals surface area contributed by atoms with Crippen molar-refractivity contribution >= 4 is 22.7 Å². The number of carbonyl (C=O) groups excluding carboxylic acids is 1. The van der Waals surface area contributed by atoms with Crippen LogP contribution in [0.25, 0.3) is 10.9 Å². The van der Waals surface area contributed by atoms with Crippen molar-refractivity contribution in [3.63, 3.8) is 0 Å². The van der Waals surface area contributed by atoms with Crippen LogP contribution < -0.4 is 14.8 Å². The van der Waals surface area contributed by atoms with Crippen molar-refractivity contribution in [2.45, 2.75) is 13.5 Å². The highest BCUT2D eigenvalue weighted by atomic mass is 16.5. The molecule has 28 heavy (non-hydrogen) atoms. The Bertz CT molecular complexity index is 982. The van der Waals surface area contributed by atoms with E-state index < -0.39 is 0 Å². The average molecular weight is 378 g/mol. The van der Waals surface area contributed by atoms with Gasteiger partial charge in [-0.15, -0.1) is 0 Å². The van der Waals surface area contributed by atoms with Gasteiger partial charge in [-0.05, 0) is 24.6 Å². The number of methoxy groups -OCH3 is 1. The van der Waals surface area contributed by atoms with Crippen molar-refractivity contribution in [3.8, 4) is 0 Å². The number of benzene rings is 1. The number of carbonyl (C=O) groups is 1. The van der Waals surface area contributed by atoms with Gasteiger partial charge in [0.25, 0.3) is 5.82 Å². The molecule has 1 saturated heterocycles. The SMILES string of the molecule is COC(=O)c1c(C[NH+]2CCN(c3cccc[nH+]3)CC2)nc2ccccc2c1C. The molecule has 0 amide bonds. The minimum atomic E-state index is -0.303. The number of esters is 1. The van der Waals surface area contributed by atoms with Gasteiger partial charge in [0.2, 0.25) is 0 Å². The highest BCUT2D eigenvalue weighted by molar-refractivity contribution is 5.98. The van der Waals surface area contributed by atoms with Crippen molar-refractivity contribution in [1.82, 2.24) is 4.98 Å². The zero-order valence-electron chi connectivity index (χ0n) is 16.4. The van der Waals surface area contributed by atoms with E-state index in [9.17, 15) is 4.79 Å². The number of piperazine rings is 1. The fourth-order valence-electron chi connectivity index (χ4n) is 4.00. The summed E-state index contributed by atoms with van der Waals surface area (Å²) in [5.74, 6) is 0.846. The molecule has 6 heteroatoms. The predicted octanol–water partition coefficient (Wildman–Crippen LogP) is 1.05. The zero-order chi connectivity index (χ0) is 19.5. The molecule has 0 spiro atoms. The Labute approximate surface area is 164 Å². The molecule has 1 aliphatic heterocycles. The topological polar surface area (TPSA) is 61.0 Å². The van der Waals surface area contributed by atoms with Crippen LogP contribution in [0.3, 0.4) is 0 Å². The van der Waals surface area contributed by atoms with Gasteiger partial charge in [0.05, 0.1) is 24.4 Å². The summed E-state index contributed by atoms with van der Waals surface area (Å²) in [6.07, 6.45) is 1.96. The quantitative estimate of drug-likeness (QED) is 0.690. The molecule has 2 N–H and O–H groups in total. The van der Waals surface area contributed by atoms with E-state index in [0.717, 1.165) is 60.7 Å². The van der Waals surface area contributed by atoms with Crippen LogP contribution in [0.15, 0.2) is 48.7 Å². The lowest BCUT2D eigenvalue weighted by Gasteiger charge is -2.28. The van der Waals surface area contributed by atoms with Crippen molar-refractivity contribution < 1.29 is 19.4 Å². The van der Waals surface area contributed by atoms with Crippen LogP contribution in [-0.2, 0) is 11.3 Å². The van der Waals surface area contributed by atoms with Crippen molar-refractivity contribution in [3.05, 3.63) is 65.5 Å². The summed E-state index contributed by atoms with van der Waals surface area (Å²) < 4.78 is 5.07. The molecule has 6 nitrogen and oxygen atoms in total. The van der Waals surface area contributed by atoms with Crippen molar-refractivity contribution in [1.29, 1.82) is 0 Å². The fourth-order valence-corrected chi connectivity index (χ4v) is 4.00. The molecule has 0 radical (unpaired) electrons. The highest BCUT2D eigenvalue weighted by Gasteiger charge is 2.28. The van der Waals surface area contributed by atoms with Gasteiger partial charge in [-0.2, -0.15) is 0 Å². The first kappa shape index (κ1) is 18.4. The molecular formula is C22H26N4O2+2. The molecule has 1 aliphatic rings. The number of nitrogens with zero attached hydrogens (tertiary/aromatic N) is 2. The Morgan fingerprint density at radius 2 is 1.93 bits per heavy atom. The van der Waals surface area contributed by atoms with E-state index >= 15 is 0 Å². The van der Waals surface area contributed by atoms with Gasteiger partial charge in [0.15, 0.2) is 0 Å². The van der Waals surface area contributed by atoms with Crippen LogP contribution in [-0.4, -0.2) is 44.2 Å². The van der Waals surface area contributed by atoms with Crippen LogP contribution in [0.2, 0.25) is 0 Å². The first-order valence-electron chi connectivity index (χ1n) is 9.69. The Hall–Kier alpha value is -2.99. The Kier molecular flexibility index (Phi) is 5.21. The molecule has 4 rings (SSSR count). The van der Waals surface area contributed by atoms with Crippen molar-refractivity contribution in [2.24, 2.45) is 0 Å². The molecule has 0 aliphatic carbocycles. The molecular weight excluding hydrogens is 352 g/mol. The number of para-hydroxylation sites is 1. The summed E-state index contributed by atoms with van der Waals surface area (Å²) in [5.41, 5.74) is 3.33. The lowest BCUT2D eigenvalue weighted by atomic mass is 10.0. The van der Waals surface area contributed by atoms with Gasteiger partial charge in [0.1, 0.15) is 38.4 Å². The largest absolute Gasteiger partial charge is 0.465 e. The maximum absolute atomic E-state index is 12.5. The maximum atomic E-state index is 12.5. The van der Waals surface area contributed by atoms with Crippen LogP contribution in [0.4, 0.5) is 5.82 Å². The summed E-state index contributed by atoms with van der Waals surface area (Å²) in [4.78, 5) is 24.4. The number of ether oxygens (including phenoxy) is 1. The summed E-state index contributed by atoms with van der Waals surface area (Å²) in [7, 11) is 1.43. The molecule has 3 aromatic rings. The minimum Gasteiger partial charge on any atom is -0.465 e. The monoisotopic (exact) mass is 378 g/mol. The van der Waals surface area contributed by atoms with Gasteiger partial charge in [-0.1, -0.05) is 24.3 Å².